The topological polar surface area (TPSA) is 72.7 Å². The zero-order chi connectivity index (χ0) is 22.1. The van der Waals surface area contributed by atoms with E-state index in [1.807, 2.05) is 0 Å². The molecule has 1 aliphatic heterocycles. The van der Waals surface area contributed by atoms with Gasteiger partial charge in [0.15, 0.2) is 0 Å². The number of aliphatic hydroxyl groups excluding tert-OH is 3. The Labute approximate surface area is 188 Å². The van der Waals surface area contributed by atoms with Crippen molar-refractivity contribution in [2.45, 2.75) is 103 Å². The molecule has 0 aromatic carbocycles. The second kappa shape index (κ2) is 7.82. The van der Waals surface area contributed by atoms with Gasteiger partial charge in [-0.05, 0) is 104 Å². The molecule has 1 heterocycles. The standard InChI is InChI=1S/C27H45NO3/c1-15-11-23(31)25(28-14-15)16(2)24-22(30)13-21-19-6-5-17-12-18(29)7-9-26(17,3)20(19)8-10-27(21,24)4/h5,15-16,18-25,28-31H,6-14H2,1-4H3/t15-,16+,18+,19-,20+,21+,22+,23+,24+,25-,26+,27+/m1/s1. The highest BCUT2D eigenvalue weighted by Gasteiger charge is 2.62. The molecule has 4 nitrogen and oxygen atoms in total. The van der Waals surface area contributed by atoms with E-state index < -0.39 is 0 Å². The van der Waals surface area contributed by atoms with Gasteiger partial charge in [-0.2, -0.15) is 0 Å². The Balaban J connectivity index is 1.40. The van der Waals surface area contributed by atoms with Crippen LogP contribution in [0.2, 0.25) is 0 Å². The molecule has 1 saturated heterocycles. The fourth-order valence-electron chi connectivity index (χ4n) is 9.52. The fourth-order valence-corrected chi connectivity index (χ4v) is 9.52. The molecule has 0 unspecified atom stereocenters. The van der Waals surface area contributed by atoms with Crippen molar-refractivity contribution in [1.29, 1.82) is 0 Å². The quantitative estimate of drug-likeness (QED) is 0.501. The third kappa shape index (κ3) is 3.38. The van der Waals surface area contributed by atoms with Crippen LogP contribution in [0.4, 0.5) is 0 Å². The molecule has 0 aromatic heterocycles. The summed E-state index contributed by atoms with van der Waals surface area (Å²) in [6.07, 6.45) is 10.0. The van der Waals surface area contributed by atoms with E-state index in [0.717, 1.165) is 45.1 Å². The maximum atomic E-state index is 11.4. The Kier molecular flexibility index (Phi) is 5.65. The number of nitrogens with one attached hydrogen (secondary N) is 1. The van der Waals surface area contributed by atoms with Gasteiger partial charge in [-0.3, -0.25) is 0 Å². The van der Waals surface area contributed by atoms with Crippen LogP contribution in [0.5, 0.6) is 0 Å². The van der Waals surface area contributed by atoms with E-state index in [4.69, 9.17) is 0 Å². The van der Waals surface area contributed by atoms with Gasteiger partial charge in [0.25, 0.3) is 0 Å². The Bertz CT molecular complexity index is 723. The minimum absolute atomic E-state index is 0.0966. The van der Waals surface area contributed by atoms with E-state index in [0.29, 0.717) is 23.7 Å². The average Bonchev–Trinajstić information content (AvgIpc) is 2.98. The molecule has 31 heavy (non-hydrogen) atoms. The number of allylic oxidation sites excluding steroid dienone is 1. The predicted molar refractivity (Wildman–Crippen MR) is 123 cm³/mol. The summed E-state index contributed by atoms with van der Waals surface area (Å²) in [7, 11) is 0. The number of piperidine rings is 1. The normalized spacial score (nSPS) is 55.6. The summed E-state index contributed by atoms with van der Waals surface area (Å²) in [6.45, 7) is 10.4. The Hall–Kier alpha value is -0.420. The highest BCUT2D eigenvalue weighted by Crippen LogP contribution is 2.67. The summed E-state index contributed by atoms with van der Waals surface area (Å²) in [5, 5.41) is 36.1. The van der Waals surface area contributed by atoms with Crippen molar-refractivity contribution in [3.8, 4) is 0 Å². The molecule has 3 saturated carbocycles. The number of rotatable bonds is 2. The molecule has 0 spiro atoms. The van der Waals surface area contributed by atoms with E-state index in [1.54, 1.807) is 0 Å². The average molecular weight is 432 g/mol. The van der Waals surface area contributed by atoms with Gasteiger partial charge in [-0.15, -0.1) is 0 Å². The molecule has 0 radical (unpaired) electrons. The third-order valence-electron chi connectivity index (χ3n) is 11.1. The van der Waals surface area contributed by atoms with E-state index in [2.05, 4.69) is 39.1 Å². The second-order valence-electron chi connectivity index (χ2n) is 12.7. The summed E-state index contributed by atoms with van der Waals surface area (Å²) in [5.74, 6) is 2.96. The third-order valence-corrected chi connectivity index (χ3v) is 11.1. The first-order valence-corrected chi connectivity index (χ1v) is 13.1. The Morgan fingerprint density at radius 2 is 1.81 bits per heavy atom. The zero-order valence-corrected chi connectivity index (χ0v) is 20.1. The van der Waals surface area contributed by atoms with Crippen molar-refractivity contribution in [2.24, 2.45) is 46.3 Å². The van der Waals surface area contributed by atoms with Gasteiger partial charge < -0.3 is 20.6 Å². The molecule has 4 heteroatoms. The number of aliphatic hydroxyl groups is 3. The molecule has 4 fully saturated rings. The molecule has 4 N–H and O–H groups in total. The van der Waals surface area contributed by atoms with Crippen LogP contribution in [-0.2, 0) is 0 Å². The molecule has 5 rings (SSSR count). The summed E-state index contributed by atoms with van der Waals surface area (Å²) in [6, 6.07) is 0.0966. The van der Waals surface area contributed by atoms with Gasteiger partial charge in [0.1, 0.15) is 0 Å². The highest BCUT2D eigenvalue weighted by atomic mass is 16.3. The van der Waals surface area contributed by atoms with Crippen LogP contribution in [-0.4, -0.2) is 46.2 Å². The Morgan fingerprint density at radius 3 is 2.55 bits per heavy atom. The maximum Gasteiger partial charge on any atom is 0.0698 e. The van der Waals surface area contributed by atoms with Gasteiger partial charge in [0.05, 0.1) is 18.3 Å². The lowest BCUT2D eigenvalue weighted by Gasteiger charge is -2.58. The molecule has 12 atom stereocenters. The highest BCUT2D eigenvalue weighted by molar-refractivity contribution is 5.26. The Morgan fingerprint density at radius 1 is 1.03 bits per heavy atom. The van der Waals surface area contributed by atoms with Crippen molar-refractivity contribution in [3.05, 3.63) is 11.6 Å². The fraction of sp³-hybridized carbons (Fsp3) is 0.926. The van der Waals surface area contributed by atoms with Crippen molar-refractivity contribution in [1.82, 2.24) is 5.32 Å². The van der Waals surface area contributed by atoms with E-state index in [9.17, 15) is 15.3 Å². The van der Waals surface area contributed by atoms with Crippen LogP contribution in [0.1, 0.15) is 79.1 Å². The van der Waals surface area contributed by atoms with Crippen LogP contribution in [0.25, 0.3) is 0 Å². The number of fused-ring (bicyclic) bond motifs is 5. The van der Waals surface area contributed by atoms with E-state index in [1.165, 1.54) is 18.4 Å². The van der Waals surface area contributed by atoms with Crippen LogP contribution in [0.15, 0.2) is 11.6 Å². The van der Waals surface area contributed by atoms with E-state index in [-0.39, 0.29) is 47.0 Å². The first-order chi connectivity index (χ1) is 14.6. The number of hydrogen-bond acceptors (Lipinski definition) is 4. The van der Waals surface area contributed by atoms with Crippen molar-refractivity contribution < 1.29 is 15.3 Å². The molecular formula is C27H45NO3. The van der Waals surface area contributed by atoms with Crippen LogP contribution in [0.3, 0.4) is 0 Å². The first kappa shape index (κ1) is 22.4. The zero-order valence-electron chi connectivity index (χ0n) is 20.1. The molecule has 0 bridgehead atoms. The molecule has 176 valence electrons. The molecule has 5 aliphatic rings. The van der Waals surface area contributed by atoms with Gasteiger partial charge in [0.2, 0.25) is 0 Å². The summed E-state index contributed by atoms with van der Waals surface area (Å²) in [5.41, 5.74) is 1.92. The lowest BCUT2D eigenvalue weighted by Crippen LogP contribution is -2.56. The van der Waals surface area contributed by atoms with Crippen LogP contribution in [0, 0.1) is 46.3 Å². The van der Waals surface area contributed by atoms with Gasteiger partial charge >= 0.3 is 0 Å². The largest absolute Gasteiger partial charge is 0.393 e. The first-order valence-electron chi connectivity index (χ1n) is 13.1. The lowest BCUT2D eigenvalue weighted by atomic mass is 9.47. The van der Waals surface area contributed by atoms with Crippen molar-refractivity contribution in [2.75, 3.05) is 6.54 Å². The summed E-state index contributed by atoms with van der Waals surface area (Å²) < 4.78 is 0. The van der Waals surface area contributed by atoms with Crippen LogP contribution < -0.4 is 5.32 Å². The van der Waals surface area contributed by atoms with Gasteiger partial charge in [0, 0.05) is 6.04 Å². The second-order valence-corrected chi connectivity index (χ2v) is 12.7. The monoisotopic (exact) mass is 431 g/mol. The maximum absolute atomic E-state index is 11.4. The molecule has 4 aliphatic carbocycles. The van der Waals surface area contributed by atoms with Crippen LogP contribution >= 0.6 is 0 Å². The summed E-state index contributed by atoms with van der Waals surface area (Å²) in [4.78, 5) is 0. The lowest BCUT2D eigenvalue weighted by molar-refractivity contribution is -0.0731. The van der Waals surface area contributed by atoms with Gasteiger partial charge in [-0.25, -0.2) is 0 Å². The van der Waals surface area contributed by atoms with Crippen molar-refractivity contribution >= 4 is 0 Å². The molecule has 0 aromatic rings. The SMILES string of the molecule is C[C@H]1CN[C@H]([C@@H](C)[C@H]2[C@@H](O)C[C@H]3[C@@H]4CC=C5C[C@@H](O)CC[C@]5(C)[C@H]4CC[C@]23C)[C@@H](O)C1. The molecular weight excluding hydrogens is 386 g/mol. The minimum Gasteiger partial charge on any atom is -0.393 e. The number of hydrogen-bond donors (Lipinski definition) is 4. The smallest absolute Gasteiger partial charge is 0.0698 e. The molecule has 0 amide bonds. The van der Waals surface area contributed by atoms with Gasteiger partial charge in [-0.1, -0.05) is 39.3 Å². The van der Waals surface area contributed by atoms with E-state index >= 15 is 0 Å². The predicted octanol–water partition coefficient (Wildman–Crippen LogP) is 3.89. The van der Waals surface area contributed by atoms with Crippen molar-refractivity contribution in [3.63, 3.8) is 0 Å². The minimum atomic E-state index is -0.308. The summed E-state index contributed by atoms with van der Waals surface area (Å²) >= 11 is 0.